The summed E-state index contributed by atoms with van der Waals surface area (Å²) in [6.45, 7) is 3.52. The fourth-order valence-electron chi connectivity index (χ4n) is 1.02. The first-order chi connectivity index (χ1) is 4.47. The van der Waals surface area contributed by atoms with Crippen molar-refractivity contribution in [3.05, 3.63) is 0 Å². The van der Waals surface area contributed by atoms with Gasteiger partial charge in [-0.15, -0.1) is 0 Å². The Hall–Kier alpha value is -0.180. The van der Waals surface area contributed by atoms with Crippen molar-refractivity contribution in [1.82, 2.24) is 4.90 Å². The molecule has 0 radical (unpaired) electrons. The van der Waals surface area contributed by atoms with Gasteiger partial charge in [-0.25, -0.2) is 0 Å². The molecule has 2 rings (SSSR count). The van der Waals surface area contributed by atoms with Gasteiger partial charge in [-0.2, -0.15) is 0 Å². The minimum atomic E-state index is 1.04. The van der Waals surface area contributed by atoms with E-state index in [1.807, 2.05) is 11.8 Å². The Morgan fingerprint density at radius 3 is 2.78 bits per heavy atom. The second-order valence-electron chi connectivity index (χ2n) is 2.35. The minimum Gasteiger partial charge on any atom is -0.351 e. The molecule has 0 aromatic heterocycles. The molecule has 2 nitrogen and oxygen atoms in total. The van der Waals surface area contributed by atoms with Crippen LogP contribution in [0.1, 0.15) is 6.42 Å². The van der Waals surface area contributed by atoms with Crippen LogP contribution in [-0.4, -0.2) is 35.5 Å². The average Bonchev–Trinajstić information content (AvgIpc) is 2.11. The van der Waals surface area contributed by atoms with Crippen LogP contribution in [0.2, 0.25) is 0 Å². The van der Waals surface area contributed by atoms with Crippen LogP contribution in [-0.2, 0) is 0 Å². The molecule has 1 saturated heterocycles. The number of aliphatic imine (C=N–C) groups is 1. The molecule has 2 heterocycles. The van der Waals surface area contributed by atoms with E-state index < -0.39 is 0 Å². The Morgan fingerprint density at radius 1 is 1.44 bits per heavy atom. The standard InChI is InChI=1S/C6H10N2S/c1-3-8(4-1)6-7-2-5-9-6/h1-5H2. The maximum atomic E-state index is 4.36. The Kier molecular flexibility index (Phi) is 1.38. The summed E-state index contributed by atoms with van der Waals surface area (Å²) in [5, 5.41) is 1.29. The summed E-state index contributed by atoms with van der Waals surface area (Å²) >= 11 is 1.90. The first-order valence-corrected chi connectivity index (χ1v) is 4.37. The molecule has 9 heavy (non-hydrogen) atoms. The van der Waals surface area contributed by atoms with Crippen molar-refractivity contribution >= 4 is 16.9 Å². The molecule has 50 valence electrons. The molecule has 0 saturated carbocycles. The van der Waals surface area contributed by atoms with Crippen LogP contribution < -0.4 is 0 Å². The third-order valence-corrected chi connectivity index (χ3v) is 2.73. The lowest BCUT2D eigenvalue weighted by atomic mass is 10.2. The lowest BCUT2D eigenvalue weighted by Crippen LogP contribution is -2.39. The number of amidine groups is 1. The number of nitrogens with zero attached hydrogens (tertiary/aromatic N) is 2. The molecule has 0 bridgehead atoms. The first-order valence-electron chi connectivity index (χ1n) is 3.39. The molecular formula is C6H10N2S. The van der Waals surface area contributed by atoms with Crippen LogP contribution in [0.4, 0.5) is 0 Å². The Bertz CT molecular complexity index is 140. The predicted molar refractivity (Wildman–Crippen MR) is 41.0 cm³/mol. The molecule has 2 aliphatic heterocycles. The molecule has 0 aromatic carbocycles. The topological polar surface area (TPSA) is 15.6 Å². The van der Waals surface area contributed by atoms with Crippen molar-refractivity contribution < 1.29 is 0 Å². The van der Waals surface area contributed by atoms with E-state index in [-0.39, 0.29) is 0 Å². The molecule has 0 unspecified atom stereocenters. The first kappa shape index (κ1) is 5.59. The molecule has 0 N–H and O–H groups in total. The van der Waals surface area contributed by atoms with Gasteiger partial charge in [0.05, 0.1) is 6.54 Å². The molecule has 2 aliphatic rings. The van der Waals surface area contributed by atoms with Gasteiger partial charge < -0.3 is 4.90 Å². The molecule has 0 aliphatic carbocycles. The van der Waals surface area contributed by atoms with Crippen molar-refractivity contribution in [1.29, 1.82) is 0 Å². The number of likely N-dealkylation sites (tertiary alicyclic amines) is 1. The maximum Gasteiger partial charge on any atom is 0.159 e. The fourth-order valence-corrected chi connectivity index (χ4v) is 1.94. The zero-order valence-electron chi connectivity index (χ0n) is 5.34. The lowest BCUT2D eigenvalue weighted by Gasteiger charge is -2.31. The van der Waals surface area contributed by atoms with Crippen molar-refractivity contribution in [3.8, 4) is 0 Å². The van der Waals surface area contributed by atoms with E-state index in [1.54, 1.807) is 0 Å². The monoisotopic (exact) mass is 142 g/mol. The zero-order chi connectivity index (χ0) is 6.10. The lowest BCUT2D eigenvalue weighted by molar-refractivity contribution is 0.306. The van der Waals surface area contributed by atoms with Crippen LogP contribution in [0.15, 0.2) is 4.99 Å². The highest BCUT2D eigenvalue weighted by Crippen LogP contribution is 2.19. The SMILES string of the molecule is C1CN(C2=NCCS2)C1. The number of hydrogen-bond donors (Lipinski definition) is 0. The van der Waals surface area contributed by atoms with Crippen LogP contribution in [0.5, 0.6) is 0 Å². The van der Waals surface area contributed by atoms with E-state index in [1.165, 1.54) is 30.4 Å². The normalized spacial score (nSPS) is 25.8. The van der Waals surface area contributed by atoms with Gasteiger partial charge in [-0.05, 0) is 6.42 Å². The smallest absolute Gasteiger partial charge is 0.159 e. The second kappa shape index (κ2) is 2.21. The Morgan fingerprint density at radius 2 is 2.33 bits per heavy atom. The summed E-state index contributed by atoms with van der Waals surface area (Å²) in [4.78, 5) is 6.72. The largest absolute Gasteiger partial charge is 0.351 e. The summed E-state index contributed by atoms with van der Waals surface area (Å²) < 4.78 is 0. The maximum absolute atomic E-state index is 4.36. The molecular weight excluding hydrogens is 132 g/mol. The Balaban J connectivity index is 1.95. The average molecular weight is 142 g/mol. The van der Waals surface area contributed by atoms with Crippen molar-refractivity contribution in [2.45, 2.75) is 6.42 Å². The number of thioether (sulfide) groups is 1. The molecule has 0 spiro atoms. The van der Waals surface area contributed by atoms with Gasteiger partial charge in [0.1, 0.15) is 0 Å². The van der Waals surface area contributed by atoms with E-state index in [0.717, 1.165) is 6.54 Å². The number of hydrogen-bond acceptors (Lipinski definition) is 3. The van der Waals surface area contributed by atoms with E-state index in [0.29, 0.717) is 0 Å². The minimum absolute atomic E-state index is 1.04. The highest BCUT2D eigenvalue weighted by Gasteiger charge is 2.20. The highest BCUT2D eigenvalue weighted by molar-refractivity contribution is 8.14. The molecule has 0 aromatic rings. The quantitative estimate of drug-likeness (QED) is 0.497. The van der Waals surface area contributed by atoms with Gasteiger partial charge in [-0.1, -0.05) is 11.8 Å². The highest BCUT2D eigenvalue weighted by atomic mass is 32.2. The van der Waals surface area contributed by atoms with Gasteiger partial charge in [-0.3, -0.25) is 4.99 Å². The van der Waals surface area contributed by atoms with Gasteiger partial charge >= 0.3 is 0 Å². The second-order valence-corrected chi connectivity index (χ2v) is 3.42. The van der Waals surface area contributed by atoms with Crippen LogP contribution in [0.25, 0.3) is 0 Å². The van der Waals surface area contributed by atoms with Gasteiger partial charge in [0.25, 0.3) is 0 Å². The number of rotatable bonds is 0. The van der Waals surface area contributed by atoms with Crippen LogP contribution in [0.3, 0.4) is 0 Å². The van der Waals surface area contributed by atoms with Gasteiger partial charge in [0, 0.05) is 18.8 Å². The van der Waals surface area contributed by atoms with E-state index >= 15 is 0 Å². The summed E-state index contributed by atoms with van der Waals surface area (Å²) in [5.41, 5.74) is 0. The summed E-state index contributed by atoms with van der Waals surface area (Å²) in [5.74, 6) is 1.20. The fraction of sp³-hybridized carbons (Fsp3) is 0.833. The van der Waals surface area contributed by atoms with Crippen molar-refractivity contribution in [2.24, 2.45) is 4.99 Å². The van der Waals surface area contributed by atoms with Gasteiger partial charge in [0.2, 0.25) is 0 Å². The summed E-state index contributed by atoms with van der Waals surface area (Å²) in [6.07, 6.45) is 1.36. The third-order valence-electron chi connectivity index (χ3n) is 1.70. The third kappa shape index (κ3) is 0.936. The Labute approximate surface area is 59.3 Å². The van der Waals surface area contributed by atoms with Gasteiger partial charge in [0.15, 0.2) is 5.17 Å². The van der Waals surface area contributed by atoms with E-state index in [9.17, 15) is 0 Å². The van der Waals surface area contributed by atoms with Crippen molar-refractivity contribution in [2.75, 3.05) is 25.4 Å². The predicted octanol–water partition coefficient (Wildman–Crippen LogP) is 0.795. The van der Waals surface area contributed by atoms with E-state index in [4.69, 9.17) is 0 Å². The van der Waals surface area contributed by atoms with Crippen LogP contribution >= 0.6 is 11.8 Å². The molecule has 0 atom stereocenters. The summed E-state index contributed by atoms with van der Waals surface area (Å²) in [6, 6.07) is 0. The molecule has 0 amide bonds. The molecule has 3 heteroatoms. The summed E-state index contributed by atoms with van der Waals surface area (Å²) in [7, 11) is 0. The molecule has 1 fully saturated rings. The van der Waals surface area contributed by atoms with Crippen molar-refractivity contribution in [3.63, 3.8) is 0 Å². The van der Waals surface area contributed by atoms with E-state index in [2.05, 4.69) is 9.89 Å². The van der Waals surface area contributed by atoms with Crippen LogP contribution in [0, 0.1) is 0 Å². The zero-order valence-corrected chi connectivity index (χ0v) is 6.15.